The van der Waals surface area contributed by atoms with Crippen LogP contribution in [0.3, 0.4) is 0 Å². The molecular formula is C19H15BrN6O2S. The molecule has 10 heteroatoms. The second kappa shape index (κ2) is 7.53. The number of halogens is 1. The number of rotatable bonds is 5. The highest BCUT2D eigenvalue weighted by Gasteiger charge is 2.20. The molecule has 4 heterocycles. The minimum Gasteiger partial charge on any atom is -0.454 e. The SMILES string of the molecule is Nc1ncnc2c1nc(Sc1cc3c(cc1Br)OCO3)n2CCc1cccnc1. The zero-order chi connectivity index (χ0) is 19.8. The van der Waals surface area contributed by atoms with E-state index in [1.807, 2.05) is 24.4 Å². The minimum absolute atomic E-state index is 0.228. The van der Waals surface area contributed by atoms with E-state index in [9.17, 15) is 0 Å². The molecule has 4 aromatic rings. The van der Waals surface area contributed by atoms with Gasteiger partial charge in [0.25, 0.3) is 0 Å². The number of hydrogen-bond donors (Lipinski definition) is 1. The number of fused-ring (bicyclic) bond motifs is 2. The Morgan fingerprint density at radius 3 is 2.90 bits per heavy atom. The molecule has 146 valence electrons. The van der Waals surface area contributed by atoms with E-state index in [0.717, 1.165) is 32.3 Å². The monoisotopic (exact) mass is 470 g/mol. The van der Waals surface area contributed by atoms with Crippen molar-refractivity contribution < 1.29 is 9.47 Å². The Bertz CT molecular complexity index is 1200. The fourth-order valence-electron chi connectivity index (χ4n) is 3.08. The van der Waals surface area contributed by atoms with Gasteiger partial charge in [-0.05, 0) is 46.1 Å². The third-order valence-electron chi connectivity index (χ3n) is 4.50. The number of aryl methyl sites for hydroxylation is 2. The van der Waals surface area contributed by atoms with Crippen LogP contribution >= 0.6 is 27.7 Å². The Balaban J connectivity index is 1.53. The predicted molar refractivity (Wildman–Crippen MR) is 112 cm³/mol. The maximum Gasteiger partial charge on any atom is 0.231 e. The highest BCUT2D eigenvalue weighted by atomic mass is 79.9. The Morgan fingerprint density at radius 2 is 2.07 bits per heavy atom. The standard InChI is InChI=1S/C19H15BrN6O2S/c20-12-6-13-14(28-10-27-13)7-15(12)29-19-25-16-17(21)23-9-24-18(16)26(19)5-3-11-2-1-4-22-8-11/h1-2,4,6-9H,3,5,10H2,(H2,21,23,24). The van der Waals surface area contributed by atoms with E-state index in [2.05, 4.69) is 41.5 Å². The first-order valence-corrected chi connectivity index (χ1v) is 10.4. The first-order valence-electron chi connectivity index (χ1n) is 8.81. The lowest BCUT2D eigenvalue weighted by Gasteiger charge is -2.10. The van der Waals surface area contributed by atoms with Crippen LogP contribution in [-0.2, 0) is 13.0 Å². The van der Waals surface area contributed by atoms with Crippen LogP contribution in [0.4, 0.5) is 5.82 Å². The van der Waals surface area contributed by atoms with E-state index in [0.29, 0.717) is 29.3 Å². The molecule has 3 aromatic heterocycles. The first-order chi connectivity index (χ1) is 14.2. The quantitative estimate of drug-likeness (QED) is 0.471. The van der Waals surface area contributed by atoms with Gasteiger partial charge in [-0.2, -0.15) is 0 Å². The molecule has 0 atom stereocenters. The molecule has 0 bridgehead atoms. The van der Waals surface area contributed by atoms with Gasteiger partial charge >= 0.3 is 0 Å². The van der Waals surface area contributed by atoms with Crippen molar-refractivity contribution in [3.63, 3.8) is 0 Å². The van der Waals surface area contributed by atoms with Crippen molar-refractivity contribution in [2.45, 2.75) is 23.0 Å². The molecular weight excluding hydrogens is 456 g/mol. The highest BCUT2D eigenvalue weighted by Crippen LogP contribution is 2.43. The number of imidazole rings is 1. The Hall–Kier alpha value is -2.85. The van der Waals surface area contributed by atoms with Gasteiger partial charge in [0, 0.05) is 28.3 Å². The van der Waals surface area contributed by atoms with E-state index in [4.69, 9.17) is 20.2 Å². The average molecular weight is 471 g/mol. The Morgan fingerprint density at radius 1 is 1.21 bits per heavy atom. The highest BCUT2D eigenvalue weighted by molar-refractivity contribution is 9.10. The van der Waals surface area contributed by atoms with Gasteiger partial charge in [0.15, 0.2) is 33.6 Å². The fraction of sp³-hybridized carbons (Fsp3) is 0.158. The summed E-state index contributed by atoms with van der Waals surface area (Å²) in [4.78, 5) is 18.4. The summed E-state index contributed by atoms with van der Waals surface area (Å²) >= 11 is 5.12. The van der Waals surface area contributed by atoms with Crippen LogP contribution in [0.5, 0.6) is 11.5 Å². The number of ether oxygens (including phenoxy) is 2. The van der Waals surface area contributed by atoms with E-state index < -0.39 is 0 Å². The Kier molecular flexibility index (Phi) is 4.72. The van der Waals surface area contributed by atoms with Crippen molar-refractivity contribution in [2.75, 3.05) is 12.5 Å². The third-order valence-corrected chi connectivity index (χ3v) is 6.47. The summed E-state index contributed by atoms with van der Waals surface area (Å²) in [5.74, 6) is 1.80. The van der Waals surface area contributed by atoms with E-state index >= 15 is 0 Å². The Labute approximate surface area is 178 Å². The van der Waals surface area contributed by atoms with Crippen molar-refractivity contribution >= 4 is 44.7 Å². The summed E-state index contributed by atoms with van der Waals surface area (Å²) in [5, 5.41) is 0.774. The maximum absolute atomic E-state index is 6.05. The van der Waals surface area contributed by atoms with Gasteiger partial charge in [-0.3, -0.25) is 4.98 Å². The van der Waals surface area contributed by atoms with Crippen molar-refractivity contribution in [1.29, 1.82) is 0 Å². The first kappa shape index (κ1) is 18.2. The number of nitrogens with zero attached hydrogens (tertiary/aromatic N) is 5. The van der Waals surface area contributed by atoms with Gasteiger partial charge in [0.05, 0.1) is 0 Å². The maximum atomic E-state index is 6.05. The van der Waals surface area contributed by atoms with E-state index in [1.54, 1.807) is 6.20 Å². The second-order valence-corrected chi connectivity index (χ2v) is 8.19. The number of nitrogens with two attached hydrogens (primary N) is 1. The van der Waals surface area contributed by atoms with Gasteiger partial charge in [-0.1, -0.05) is 17.8 Å². The zero-order valence-electron chi connectivity index (χ0n) is 15.1. The van der Waals surface area contributed by atoms with E-state index in [1.165, 1.54) is 18.1 Å². The largest absolute Gasteiger partial charge is 0.454 e. The number of anilines is 1. The number of hydrogen-bond acceptors (Lipinski definition) is 8. The minimum atomic E-state index is 0.228. The normalized spacial score (nSPS) is 12.6. The lowest BCUT2D eigenvalue weighted by Crippen LogP contribution is -2.04. The number of nitrogen functional groups attached to an aromatic ring is 1. The molecule has 0 radical (unpaired) electrons. The summed E-state index contributed by atoms with van der Waals surface area (Å²) in [5.41, 5.74) is 8.49. The lowest BCUT2D eigenvalue weighted by atomic mass is 10.2. The summed E-state index contributed by atoms with van der Waals surface area (Å²) in [7, 11) is 0. The lowest BCUT2D eigenvalue weighted by molar-refractivity contribution is 0.174. The van der Waals surface area contributed by atoms with Crippen molar-refractivity contribution in [2.24, 2.45) is 0 Å². The van der Waals surface area contributed by atoms with Crippen LogP contribution in [0.15, 0.2) is 57.5 Å². The molecule has 0 amide bonds. The summed E-state index contributed by atoms with van der Waals surface area (Å²) in [6.45, 7) is 0.911. The van der Waals surface area contributed by atoms with Crippen LogP contribution in [0.1, 0.15) is 5.56 Å². The molecule has 8 nitrogen and oxygen atoms in total. The van der Waals surface area contributed by atoms with Crippen molar-refractivity contribution in [3.8, 4) is 11.5 Å². The summed E-state index contributed by atoms with van der Waals surface area (Å²) in [6.07, 6.45) is 5.89. The molecule has 0 fully saturated rings. The number of benzene rings is 1. The van der Waals surface area contributed by atoms with Crippen LogP contribution < -0.4 is 15.2 Å². The molecule has 0 spiro atoms. The van der Waals surface area contributed by atoms with Crippen molar-refractivity contribution in [1.82, 2.24) is 24.5 Å². The number of aromatic nitrogens is 5. The molecule has 1 aliphatic rings. The van der Waals surface area contributed by atoms with Gasteiger partial charge in [-0.15, -0.1) is 0 Å². The molecule has 0 saturated heterocycles. The van der Waals surface area contributed by atoms with Gasteiger partial charge in [0.2, 0.25) is 6.79 Å². The predicted octanol–water partition coefficient (Wildman–Crippen LogP) is 3.69. The van der Waals surface area contributed by atoms with Gasteiger partial charge in [-0.25, -0.2) is 15.0 Å². The summed E-state index contributed by atoms with van der Waals surface area (Å²) < 4.78 is 13.9. The average Bonchev–Trinajstić information content (AvgIpc) is 3.32. The molecule has 0 aliphatic carbocycles. The van der Waals surface area contributed by atoms with Crippen LogP contribution in [0, 0.1) is 0 Å². The zero-order valence-corrected chi connectivity index (χ0v) is 17.5. The van der Waals surface area contributed by atoms with E-state index in [-0.39, 0.29) is 6.79 Å². The molecule has 29 heavy (non-hydrogen) atoms. The molecule has 1 aromatic carbocycles. The topological polar surface area (TPSA) is 101 Å². The number of pyridine rings is 1. The second-order valence-electron chi connectivity index (χ2n) is 6.33. The third kappa shape index (κ3) is 3.49. The van der Waals surface area contributed by atoms with Gasteiger partial charge < -0.3 is 19.8 Å². The van der Waals surface area contributed by atoms with Crippen LogP contribution in [0.2, 0.25) is 0 Å². The fourth-order valence-corrected chi connectivity index (χ4v) is 4.58. The van der Waals surface area contributed by atoms with Crippen LogP contribution in [-0.4, -0.2) is 31.3 Å². The molecule has 0 saturated carbocycles. The van der Waals surface area contributed by atoms with Crippen molar-refractivity contribution in [3.05, 3.63) is 53.0 Å². The van der Waals surface area contributed by atoms with Crippen LogP contribution in [0.25, 0.3) is 11.2 Å². The smallest absolute Gasteiger partial charge is 0.231 e. The molecule has 5 rings (SSSR count). The molecule has 0 unspecified atom stereocenters. The van der Waals surface area contributed by atoms with Gasteiger partial charge in [0.1, 0.15) is 6.33 Å². The molecule has 2 N–H and O–H groups in total. The summed E-state index contributed by atoms with van der Waals surface area (Å²) in [6, 6.07) is 7.83. The molecule has 1 aliphatic heterocycles.